The summed E-state index contributed by atoms with van der Waals surface area (Å²) < 4.78 is 6.21. The Labute approximate surface area is 212 Å². The molecule has 1 aliphatic heterocycles. The maximum Gasteiger partial charge on any atom is 0.261 e. The van der Waals surface area contributed by atoms with Crippen molar-refractivity contribution in [2.24, 2.45) is 5.92 Å². The van der Waals surface area contributed by atoms with Gasteiger partial charge in [-0.25, -0.2) is 0 Å². The number of carbonyl (C=O) groups excluding carboxylic acids is 2. The van der Waals surface area contributed by atoms with Crippen LogP contribution in [-0.4, -0.2) is 34.3 Å². The van der Waals surface area contributed by atoms with E-state index in [1.165, 1.54) is 11.1 Å². The lowest BCUT2D eigenvalue weighted by Crippen LogP contribution is -2.41. The number of aromatic nitrogens is 1. The zero-order valence-electron chi connectivity index (χ0n) is 20.9. The number of carbonyl (C=O) groups is 2. The molecule has 0 spiro atoms. The van der Waals surface area contributed by atoms with Crippen LogP contribution in [-0.2, 0) is 22.6 Å². The van der Waals surface area contributed by atoms with Crippen LogP contribution in [0.2, 0.25) is 0 Å². The Morgan fingerprint density at radius 3 is 2.69 bits per heavy atom. The van der Waals surface area contributed by atoms with E-state index in [0.717, 1.165) is 36.1 Å². The number of amides is 2. The minimum Gasteiger partial charge on any atom is -0.481 e. The predicted molar refractivity (Wildman–Crippen MR) is 138 cm³/mol. The number of ether oxygens (including phenoxy) is 1. The molecule has 2 aliphatic rings. The molecule has 1 saturated carbocycles. The first-order valence-corrected chi connectivity index (χ1v) is 12.9. The van der Waals surface area contributed by atoms with Crippen LogP contribution in [0.3, 0.4) is 0 Å². The van der Waals surface area contributed by atoms with Gasteiger partial charge in [0.2, 0.25) is 5.91 Å². The number of hydrogen-bond acceptors (Lipinski definition) is 4. The zero-order valence-corrected chi connectivity index (χ0v) is 20.9. The van der Waals surface area contributed by atoms with Crippen molar-refractivity contribution >= 4 is 11.8 Å². The largest absolute Gasteiger partial charge is 0.481 e. The second kappa shape index (κ2) is 10.5. The fourth-order valence-corrected chi connectivity index (χ4v) is 4.95. The molecule has 2 aromatic carbocycles. The molecule has 0 saturated heterocycles. The molecule has 5 rings (SSSR count). The number of hydrogen-bond donors (Lipinski definition) is 1. The second-order valence-electron chi connectivity index (χ2n) is 9.79. The minimum atomic E-state index is -0.614. The molecule has 1 aromatic heterocycles. The predicted octanol–water partition coefficient (Wildman–Crippen LogP) is 4.75. The van der Waals surface area contributed by atoms with E-state index in [1.807, 2.05) is 37.3 Å². The van der Waals surface area contributed by atoms with E-state index < -0.39 is 6.10 Å². The Bertz CT molecular complexity index is 1240. The summed E-state index contributed by atoms with van der Waals surface area (Å²) in [6, 6.07) is 19.9. The average Bonchev–Trinajstić information content (AvgIpc) is 3.75. The first-order valence-electron chi connectivity index (χ1n) is 12.9. The van der Waals surface area contributed by atoms with Gasteiger partial charge in [-0.2, -0.15) is 0 Å². The van der Waals surface area contributed by atoms with E-state index in [1.54, 1.807) is 6.20 Å². The number of nitrogens with one attached hydrogen (secondary N) is 1. The van der Waals surface area contributed by atoms with Crippen LogP contribution in [0.4, 0.5) is 0 Å². The van der Waals surface area contributed by atoms with Crippen LogP contribution < -0.4 is 10.1 Å². The molecule has 0 unspecified atom stereocenters. The Hall–Kier alpha value is -3.67. The molecule has 2 atom stereocenters. The Balaban J connectivity index is 1.39. The van der Waals surface area contributed by atoms with E-state index in [2.05, 4.69) is 52.5 Å². The summed E-state index contributed by atoms with van der Waals surface area (Å²) in [7, 11) is 0. The third-order valence-electron chi connectivity index (χ3n) is 7.02. The quantitative estimate of drug-likeness (QED) is 0.502. The summed E-state index contributed by atoms with van der Waals surface area (Å²) in [6.07, 6.45) is 4.42. The molecule has 0 bridgehead atoms. The maximum atomic E-state index is 13.3. The fourth-order valence-electron chi connectivity index (χ4n) is 4.95. The lowest BCUT2D eigenvalue weighted by molar-refractivity contribution is -0.134. The summed E-state index contributed by atoms with van der Waals surface area (Å²) >= 11 is 0. The Morgan fingerprint density at radius 2 is 1.97 bits per heavy atom. The van der Waals surface area contributed by atoms with Gasteiger partial charge >= 0.3 is 0 Å². The normalized spacial score (nSPS) is 17.7. The topological polar surface area (TPSA) is 71.5 Å². The van der Waals surface area contributed by atoms with E-state index in [4.69, 9.17) is 4.74 Å². The SMILES string of the molecule is CC[C@@H](Oc1ccc2c(c1)[C@H](c1cccc(C)c1)N(C(=O)C1CC1)CC2)C(=O)NCc1ccccn1. The highest BCUT2D eigenvalue weighted by molar-refractivity contribution is 5.82. The average molecular weight is 484 g/mol. The van der Waals surface area contributed by atoms with Gasteiger partial charge in [0.1, 0.15) is 5.75 Å². The lowest BCUT2D eigenvalue weighted by atomic mass is 9.87. The van der Waals surface area contributed by atoms with Gasteiger partial charge in [0.15, 0.2) is 6.10 Å². The van der Waals surface area contributed by atoms with Crippen LogP contribution >= 0.6 is 0 Å². The lowest BCUT2D eigenvalue weighted by Gasteiger charge is -2.38. The van der Waals surface area contributed by atoms with E-state index in [0.29, 0.717) is 25.3 Å². The van der Waals surface area contributed by atoms with E-state index >= 15 is 0 Å². The molecule has 1 fully saturated rings. The van der Waals surface area contributed by atoms with E-state index in [9.17, 15) is 9.59 Å². The highest BCUT2D eigenvalue weighted by atomic mass is 16.5. The Kier molecular flexibility index (Phi) is 7.03. The third-order valence-corrected chi connectivity index (χ3v) is 7.02. The number of benzene rings is 2. The monoisotopic (exact) mass is 483 g/mol. The standard InChI is InChI=1S/C30H33N3O3/c1-3-27(29(34)32-19-24-9-4-5-15-31-24)36-25-13-12-21-14-16-33(30(35)22-10-11-22)28(26(21)18-25)23-8-6-7-20(2)17-23/h4-9,12-13,15,17-18,22,27-28H,3,10-11,14,16,19H2,1-2H3,(H,32,34)/t27-,28+/m1/s1. The molecule has 3 aromatic rings. The third kappa shape index (κ3) is 5.27. The van der Waals surface area contributed by atoms with Crippen LogP contribution in [0, 0.1) is 12.8 Å². The molecule has 6 nitrogen and oxygen atoms in total. The van der Waals surface area contributed by atoms with Crippen molar-refractivity contribution in [3.05, 3.63) is 94.8 Å². The van der Waals surface area contributed by atoms with Crippen LogP contribution in [0.1, 0.15) is 60.2 Å². The highest BCUT2D eigenvalue weighted by Gasteiger charge is 2.39. The number of aryl methyl sites for hydroxylation is 1. The molecule has 2 amide bonds. The number of fused-ring (bicyclic) bond motifs is 1. The van der Waals surface area contributed by atoms with Gasteiger partial charge in [-0.05, 0) is 73.6 Å². The van der Waals surface area contributed by atoms with Crippen molar-refractivity contribution in [1.82, 2.24) is 15.2 Å². The van der Waals surface area contributed by atoms with Gasteiger partial charge in [0.25, 0.3) is 5.91 Å². The molecule has 36 heavy (non-hydrogen) atoms. The van der Waals surface area contributed by atoms with Crippen LogP contribution in [0.5, 0.6) is 5.75 Å². The summed E-state index contributed by atoms with van der Waals surface area (Å²) in [4.78, 5) is 32.4. The van der Waals surface area contributed by atoms with Crippen molar-refractivity contribution in [3.8, 4) is 5.75 Å². The second-order valence-corrected chi connectivity index (χ2v) is 9.79. The van der Waals surface area contributed by atoms with Gasteiger partial charge in [0.05, 0.1) is 18.3 Å². The van der Waals surface area contributed by atoms with Crippen LogP contribution in [0.25, 0.3) is 0 Å². The van der Waals surface area contributed by atoms with Gasteiger partial charge in [0, 0.05) is 18.7 Å². The number of rotatable bonds is 8. The molecule has 6 heteroatoms. The van der Waals surface area contributed by atoms with Gasteiger partial charge in [-0.3, -0.25) is 14.6 Å². The molecular formula is C30H33N3O3. The van der Waals surface area contributed by atoms with Crippen LogP contribution in [0.15, 0.2) is 66.9 Å². The van der Waals surface area contributed by atoms with Crippen molar-refractivity contribution in [1.29, 1.82) is 0 Å². The smallest absolute Gasteiger partial charge is 0.261 e. The first-order chi connectivity index (χ1) is 17.5. The molecule has 1 aliphatic carbocycles. The van der Waals surface area contributed by atoms with Crippen molar-refractivity contribution < 1.29 is 14.3 Å². The molecular weight excluding hydrogens is 450 g/mol. The summed E-state index contributed by atoms with van der Waals surface area (Å²) in [6.45, 7) is 5.09. The number of pyridine rings is 1. The van der Waals surface area contributed by atoms with Gasteiger partial charge < -0.3 is 15.0 Å². The highest BCUT2D eigenvalue weighted by Crippen LogP contribution is 2.41. The number of nitrogens with zero attached hydrogens (tertiary/aromatic N) is 2. The first kappa shape index (κ1) is 24.0. The van der Waals surface area contributed by atoms with E-state index in [-0.39, 0.29) is 23.8 Å². The summed E-state index contributed by atoms with van der Waals surface area (Å²) in [5, 5.41) is 2.94. The summed E-state index contributed by atoms with van der Waals surface area (Å²) in [5.74, 6) is 0.887. The summed E-state index contributed by atoms with van der Waals surface area (Å²) in [5.41, 5.74) is 5.39. The van der Waals surface area contributed by atoms with Crippen molar-refractivity contribution in [3.63, 3.8) is 0 Å². The molecule has 186 valence electrons. The van der Waals surface area contributed by atoms with Crippen molar-refractivity contribution in [2.75, 3.05) is 6.54 Å². The Morgan fingerprint density at radius 1 is 1.11 bits per heavy atom. The molecule has 1 N–H and O–H groups in total. The van der Waals surface area contributed by atoms with Gasteiger partial charge in [-0.15, -0.1) is 0 Å². The molecule has 2 heterocycles. The minimum absolute atomic E-state index is 0.150. The molecule has 0 radical (unpaired) electrons. The fraction of sp³-hybridized carbons (Fsp3) is 0.367. The van der Waals surface area contributed by atoms with Crippen molar-refractivity contribution in [2.45, 2.75) is 58.2 Å². The maximum absolute atomic E-state index is 13.3. The zero-order chi connectivity index (χ0) is 25.1. The van der Waals surface area contributed by atoms with Gasteiger partial charge in [-0.1, -0.05) is 48.9 Å².